The molecule has 0 aliphatic heterocycles. The van der Waals surface area contributed by atoms with Crippen molar-refractivity contribution in [2.75, 3.05) is 0 Å². The number of benzene rings is 1. The molecular formula is C11H6ClF5N2. The van der Waals surface area contributed by atoms with Gasteiger partial charge in [0.1, 0.15) is 11.4 Å². The van der Waals surface area contributed by atoms with Crippen molar-refractivity contribution >= 4 is 11.6 Å². The second-order valence-corrected chi connectivity index (χ2v) is 3.89. The smallest absolute Gasteiger partial charge is 0.229 e. The van der Waals surface area contributed by atoms with E-state index in [0.717, 1.165) is 6.20 Å². The Morgan fingerprint density at radius 3 is 2.32 bits per heavy atom. The third-order valence-electron chi connectivity index (χ3n) is 2.45. The van der Waals surface area contributed by atoms with E-state index >= 15 is 0 Å². The average Bonchev–Trinajstić information content (AvgIpc) is 2.77. The third-order valence-corrected chi connectivity index (χ3v) is 2.74. The lowest BCUT2D eigenvalue weighted by Crippen LogP contribution is -2.07. The Kier molecular flexibility index (Phi) is 3.75. The lowest BCUT2D eigenvalue weighted by atomic mass is 10.2. The molecule has 0 aliphatic carbocycles. The van der Waals surface area contributed by atoms with Crippen molar-refractivity contribution in [1.29, 1.82) is 0 Å². The monoisotopic (exact) mass is 296 g/mol. The van der Waals surface area contributed by atoms with E-state index in [0.29, 0.717) is 10.7 Å². The molecule has 0 spiro atoms. The van der Waals surface area contributed by atoms with Crippen LogP contribution in [-0.2, 0) is 5.88 Å². The van der Waals surface area contributed by atoms with Crippen molar-refractivity contribution in [3.05, 3.63) is 47.0 Å². The fourth-order valence-electron chi connectivity index (χ4n) is 1.59. The van der Waals surface area contributed by atoms with Gasteiger partial charge in [-0.3, -0.25) is 0 Å². The van der Waals surface area contributed by atoms with Crippen LogP contribution in [0.4, 0.5) is 22.0 Å². The summed E-state index contributed by atoms with van der Waals surface area (Å²) in [5.41, 5.74) is -1.27. The molecule has 2 nitrogen and oxygen atoms in total. The molecule has 0 radical (unpaired) electrons. The van der Waals surface area contributed by atoms with Gasteiger partial charge in [0.2, 0.25) is 0 Å². The molecule has 0 N–H and O–H groups in total. The largest absolute Gasteiger partial charge is 0.280 e. The SMILES string of the molecule is Fc1cc(F)c(-n2ncc(CCl)c2C(F)F)cc1F. The minimum absolute atomic E-state index is 0.0131. The van der Waals surface area contributed by atoms with Crippen molar-refractivity contribution < 1.29 is 22.0 Å². The second-order valence-electron chi connectivity index (χ2n) is 3.62. The van der Waals surface area contributed by atoms with Gasteiger partial charge in [0.15, 0.2) is 17.5 Å². The molecule has 1 heterocycles. The van der Waals surface area contributed by atoms with E-state index in [2.05, 4.69) is 5.10 Å². The van der Waals surface area contributed by atoms with Gasteiger partial charge < -0.3 is 0 Å². The van der Waals surface area contributed by atoms with E-state index in [-0.39, 0.29) is 17.5 Å². The first-order chi connectivity index (χ1) is 8.95. The van der Waals surface area contributed by atoms with Crippen LogP contribution in [0.25, 0.3) is 5.69 Å². The summed E-state index contributed by atoms with van der Waals surface area (Å²) in [7, 11) is 0. The zero-order valence-electron chi connectivity index (χ0n) is 9.18. The van der Waals surface area contributed by atoms with Gasteiger partial charge in [-0.15, -0.1) is 11.6 Å². The number of alkyl halides is 3. The van der Waals surface area contributed by atoms with Crippen LogP contribution in [0.3, 0.4) is 0 Å². The standard InChI is InChI=1S/C11H6ClF5N2/c12-3-5-4-18-19(10(5)11(16)17)9-2-7(14)6(13)1-8(9)15/h1-2,4,11H,3H2. The summed E-state index contributed by atoms with van der Waals surface area (Å²) in [6, 6.07) is 0.726. The molecule has 0 bridgehead atoms. The first kappa shape index (κ1) is 13.8. The molecule has 8 heteroatoms. The van der Waals surface area contributed by atoms with Crippen molar-refractivity contribution in [3.8, 4) is 5.69 Å². The fraction of sp³-hybridized carbons (Fsp3) is 0.182. The van der Waals surface area contributed by atoms with E-state index in [1.165, 1.54) is 0 Å². The third kappa shape index (κ3) is 2.42. The number of aromatic nitrogens is 2. The van der Waals surface area contributed by atoms with E-state index in [1.54, 1.807) is 0 Å². The molecular weight excluding hydrogens is 291 g/mol. The van der Waals surface area contributed by atoms with E-state index < -0.39 is 35.3 Å². The molecule has 0 fully saturated rings. The van der Waals surface area contributed by atoms with Crippen LogP contribution < -0.4 is 0 Å². The summed E-state index contributed by atoms with van der Waals surface area (Å²) < 4.78 is 65.7. The van der Waals surface area contributed by atoms with Crippen LogP contribution >= 0.6 is 11.6 Å². The van der Waals surface area contributed by atoms with Crippen molar-refractivity contribution in [2.24, 2.45) is 0 Å². The van der Waals surface area contributed by atoms with Crippen LogP contribution in [0, 0.1) is 17.5 Å². The lowest BCUT2D eigenvalue weighted by molar-refractivity contribution is 0.141. The molecule has 0 unspecified atom stereocenters. The van der Waals surface area contributed by atoms with Gasteiger partial charge in [-0.25, -0.2) is 26.6 Å². The van der Waals surface area contributed by atoms with Crippen LogP contribution in [0.15, 0.2) is 18.3 Å². The maximum atomic E-state index is 13.5. The van der Waals surface area contributed by atoms with Gasteiger partial charge in [-0.2, -0.15) is 5.10 Å². The quantitative estimate of drug-likeness (QED) is 0.476. The molecule has 0 aliphatic rings. The Morgan fingerprint density at radius 2 is 1.74 bits per heavy atom. The van der Waals surface area contributed by atoms with E-state index in [1.807, 2.05) is 0 Å². The number of hydrogen-bond acceptors (Lipinski definition) is 1. The average molecular weight is 297 g/mol. The molecule has 2 rings (SSSR count). The highest BCUT2D eigenvalue weighted by molar-refractivity contribution is 6.17. The molecule has 19 heavy (non-hydrogen) atoms. The summed E-state index contributed by atoms with van der Waals surface area (Å²) in [6.07, 6.45) is -1.96. The van der Waals surface area contributed by atoms with Crippen LogP contribution in [0.1, 0.15) is 17.7 Å². The molecule has 2 aromatic rings. The minimum Gasteiger partial charge on any atom is -0.229 e. The first-order valence-electron chi connectivity index (χ1n) is 5.01. The molecule has 1 aromatic heterocycles. The summed E-state index contributed by atoms with van der Waals surface area (Å²) >= 11 is 5.46. The Labute approximate surface area is 109 Å². The Balaban J connectivity index is 2.65. The summed E-state index contributed by atoms with van der Waals surface area (Å²) in [5.74, 6) is -4.24. The lowest BCUT2D eigenvalue weighted by Gasteiger charge is -2.09. The molecule has 0 atom stereocenters. The fourth-order valence-corrected chi connectivity index (χ4v) is 1.80. The van der Waals surface area contributed by atoms with Gasteiger partial charge in [0.05, 0.1) is 12.1 Å². The van der Waals surface area contributed by atoms with Gasteiger partial charge in [0.25, 0.3) is 6.43 Å². The molecule has 0 saturated carbocycles. The van der Waals surface area contributed by atoms with E-state index in [4.69, 9.17) is 11.6 Å². The highest BCUT2D eigenvalue weighted by Gasteiger charge is 2.23. The zero-order valence-corrected chi connectivity index (χ0v) is 9.93. The van der Waals surface area contributed by atoms with Crippen LogP contribution in [-0.4, -0.2) is 9.78 Å². The van der Waals surface area contributed by atoms with Gasteiger partial charge >= 0.3 is 0 Å². The van der Waals surface area contributed by atoms with Gasteiger partial charge in [-0.05, 0) is 0 Å². The Bertz CT molecular complexity index is 611. The van der Waals surface area contributed by atoms with Crippen LogP contribution in [0.5, 0.6) is 0 Å². The summed E-state index contributed by atoms with van der Waals surface area (Å²) in [6.45, 7) is 0. The van der Waals surface area contributed by atoms with Crippen molar-refractivity contribution in [3.63, 3.8) is 0 Å². The predicted octanol–water partition coefficient (Wildman–Crippen LogP) is 3.97. The van der Waals surface area contributed by atoms with Gasteiger partial charge in [0, 0.05) is 17.7 Å². The van der Waals surface area contributed by atoms with Gasteiger partial charge in [-0.1, -0.05) is 0 Å². The maximum absolute atomic E-state index is 13.5. The topological polar surface area (TPSA) is 17.8 Å². The number of hydrogen-bond donors (Lipinski definition) is 0. The van der Waals surface area contributed by atoms with E-state index in [9.17, 15) is 22.0 Å². The highest BCUT2D eigenvalue weighted by atomic mass is 35.5. The minimum atomic E-state index is -2.98. The molecule has 0 amide bonds. The van der Waals surface area contributed by atoms with Crippen molar-refractivity contribution in [2.45, 2.75) is 12.3 Å². The number of halogens is 6. The Morgan fingerprint density at radius 1 is 1.11 bits per heavy atom. The predicted molar refractivity (Wildman–Crippen MR) is 58.0 cm³/mol. The maximum Gasteiger partial charge on any atom is 0.280 e. The highest BCUT2D eigenvalue weighted by Crippen LogP contribution is 2.28. The Hall–Kier alpha value is -1.63. The summed E-state index contributed by atoms with van der Waals surface area (Å²) in [4.78, 5) is 0. The number of nitrogens with zero attached hydrogens (tertiary/aromatic N) is 2. The normalized spacial score (nSPS) is 11.3. The van der Waals surface area contributed by atoms with Crippen LogP contribution in [0.2, 0.25) is 0 Å². The summed E-state index contributed by atoms with van der Waals surface area (Å²) in [5, 5.41) is 3.53. The number of rotatable bonds is 3. The molecule has 1 aromatic carbocycles. The zero-order chi connectivity index (χ0) is 14.2. The van der Waals surface area contributed by atoms with Crippen molar-refractivity contribution in [1.82, 2.24) is 9.78 Å². The molecule has 0 saturated heterocycles. The molecule has 102 valence electrons. The first-order valence-corrected chi connectivity index (χ1v) is 5.55. The second kappa shape index (κ2) is 5.16.